The van der Waals surface area contributed by atoms with Crippen LogP contribution in [0.15, 0.2) is 45.6 Å². The van der Waals surface area contributed by atoms with Crippen molar-refractivity contribution >= 4 is 65.2 Å². The minimum atomic E-state index is -6.20. The van der Waals surface area contributed by atoms with Gasteiger partial charge in [0.05, 0.1) is 57.7 Å². The van der Waals surface area contributed by atoms with Gasteiger partial charge in [-0.15, -0.1) is 0 Å². The number of hydrogen-bond donors (Lipinski definition) is 10. The Morgan fingerprint density at radius 3 is 2.09 bits per heavy atom. The molecule has 75 heavy (non-hydrogen) atoms. The molecule has 0 saturated carbocycles. The van der Waals surface area contributed by atoms with Crippen molar-refractivity contribution in [1.82, 2.24) is 43.6 Å². The predicted octanol–water partition coefficient (Wildman–Crippen LogP) is -3.69. The molecule has 40 heteroatoms. The van der Waals surface area contributed by atoms with Crippen LogP contribution in [0.1, 0.15) is 25.6 Å². The Balaban J connectivity index is 0.956. The molecule has 3 aliphatic rings. The first-order valence-corrected chi connectivity index (χ1v) is 28.1. The lowest BCUT2D eigenvalue weighted by Gasteiger charge is -2.35. The van der Waals surface area contributed by atoms with E-state index in [-0.39, 0.29) is 40.7 Å². The predicted molar refractivity (Wildman–Crippen MR) is 244 cm³/mol. The van der Waals surface area contributed by atoms with Crippen LogP contribution in [0.3, 0.4) is 0 Å². The van der Waals surface area contributed by atoms with Gasteiger partial charge in [-0.3, -0.25) is 37.7 Å². The van der Waals surface area contributed by atoms with Gasteiger partial charge in [0, 0.05) is 38.9 Å². The zero-order chi connectivity index (χ0) is 54.5. The number of aromatic amines is 2. The van der Waals surface area contributed by atoms with Crippen LogP contribution in [0.25, 0.3) is 22.3 Å². The normalized spacial score (nSPS) is 30.3. The molecule has 0 bridgehead atoms. The Hall–Kier alpha value is -4.58. The van der Waals surface area contributed by atoms with E-state index in [1.807, 2.05) is 4.98 Å². The van der Waals surface area contributed by atoms with Gasteiger partial charge in [-0.2, -0.15) is 18.2 Å². The lowest BCUT2D eigenvalue weighted by molar-refractivity contribution is -0.646. The van der Waals surface area contributed by atoms with Crippen LogP contribution >= 0.6 is 31.1 Å². The number of imidazole rings is 2. The number of ether oxygens (including phenoxy) is 5. The summed E-state index contributed by atoms with van der Waals surface area (Å²) in [5, 5.41) is 35.7. The number of nitrogen functional groups attached to an aromatic ring is 1. The monoisotopic (exact) mass is 1150 g/mol. The molecule has 4 unspecified atom stereocenters. The number of fused-ring (bicyclic) bond motifs is 2. The number of phosphoric acid groups is 3. The number of rotatable bonds is 22. The number of phosphoric ester groups is 2. The first kappa shape index (κ1) is 56.6. The van der Waals surface area contributed by atoms with Crippen LogP contribution in [0, 0.1) is 5.92 Å². The fourth-order valence-corrected chi connectivity index (χ4v) is 13.9. The van der Waals surface area contributed by atoms with Gasteiger partial charge in [0.2, 0.25) is 18.5 Å². The largest absolute Gasteiger partial charge is 0.778 e. The minimum absolute atomic E-state index is 0.0235. The lowest BCUT2D eigenvalue weighted by atomic mass is 9.99. The molecular formula is C35H50N12O24P4. The van der Waals surface area contributed by atoms with Crippen molar-refractivity contribution in [1.29, 1.82) is 0 Å². The van der Waals surface area contributed by atoms with Crippen LogP contribution in [0.5, 0.6) is 0 Å². The van der Waals surface area contributed by atoms with E-state index in [0.717, 1.165) is 41.2 Å². The average molecular weight is 1150 g/mol. The molecule has 0 amide bonds. The van der Waals surface area contributed by atoms with Crippen LogP contribution in [-0.4, -0.2) is 169 Å². The third kappa shape index (κ3) is 11.8. The number of hydrogen-bond acceptors (Lipinski definition) is 27. The number of nitrogens with two attached hydrogens (primary N) is 1. The molecule has 5 aromatic rings. The quantitative estimate of drug-likeness (QED) is 0.0236. The Kier molecular flexibility index (Phi) is 16.6. The van der Waals surface area contributed by atoms with E-state index in [4.69, 9.17) is 43.0 Å². The molecule has 3 aliphatic heterocycles. The molecule has 8 rings (SSSR count). The van der Waals surface area contributed by atoms with Crippen LogP contribution < -0.4 is 37.3 Å². The average Bonchev–Trinajstić information content (AvgIpc) is 4.13. The van der Waals surface area contributed by atoms with Crippen LogP contribution in [0.2, 0.25) is 0 Å². The van der Waals surface area contributed by atoms with Crippen LogP contribution in [-0.2, 0) is 71.2 Å². The topological polar surface area (TPSA) is 496 Å². The summed E-state index contributed by atoms with van der Waals surface area (Å²) in [5.74, 6) is -1.03. The van der Waals surface area contributed by atoms with Crippen molar-refractivity contribution < 1.29 is 104 Å². The summed E-state index contributed by atoms with van der Waals surface area (Å²) in [6.45, 7) is -1.43. The summed E-state index contributed by atoms with van der Waals surface area (Å²) >= 11 is 0. The summed E-state index contributed by atoms with van der Waals surface area (Å²) in [4.78, 5) is 104. The number of nitrogens with zero attached hydrogens (tertiary/aromatic N) is 8. The number of anilines is 2. The maximum atomic E-state index is 14.2. The number of aromatic nitrogens is 10. The second-order valence-corrected chi connectivity index (χ2v) is 23.4. The van der Waals surface area contributed by atoms with Gasteiger partial charge in [-0.05, 0) is 6.92 Å². The highest BCUT2D eigenvalue weighted by molar-refractivity contribution is 7.66. The molecule has 3 fully saturated rings. The van der Waals surface area contributed by atoms with E-state index in [2.05, 4.69) is 38.9 Å². The summed E-state index contributed by atoms with van der Waals surface area (Å²) in [6, 6.07) is 0.919. The number of nitrogens with one attached hydrogen (secondary N) is 3. The van der Waals surface area contributed by atoms with E-state index in [1.165, 1.54) is 29.6 Å². The van der Waals surface area contributed by atoms with Gasteiger partial charge in [0.15, 0.2) is 23.9 Å². The summed E-state index contributed by atoms with van der Waals surface area (Å²) in [7, 11) is -19.7. The zero-order valence-corrected chi connectivity index (χ0v) is 42.9. The van der Waals surface area contributed by atoms with Crippen molar-refractivity contribution in [2.24, 2.45) is 13.0 Å². The molecule has 0 spiro atoms. The summed E-state index contributed by atoms with van der Waals surface area (Å²) in [6.07, 6.45) is -11.8. The van der Waals surface area contributed by atoms with E-state index in [9.17, 15) is 67.5 Å². The van der Waals surface area contributed by atoms with Gasteiger partial charge in [-0.25, -0.2) is 38.0 Å². The Labute approximate surface area is 419 Å². The molecular weight excluding hydrogens is 1100 g/mol. The van der Waals surface area contributed by atoms with Gasteiger partial charge in [0.25, 0.3) is 16.7 Å². The number of aliphatic hydroxyl groups is 3. The zero-order valence-electron chi connectivity index (χ0n) is 39.3. The Morgan fingerprint density at radius 1 is 0.800 bits per heavy atom. The second-order valence-electron chi connectivity index (χ2n) is 16.8. The van der Waals surface area contributed by atoms with Gasteiger partial charge in [-0.1, -0.05) is 0 Å². The number of aryl methyl sites for hydroxylation is 1. The fraction of sp³-hybridized carbons (Fsp3) is 0.600. The van der Waals surface area contributed by atoms with Crippen molar-refractivity contribution in [3.8, 4) is 0 Å². The third-order valence-corrected chi connectivity index (χ3v) is 18.1. The fourth-order valence-electron chi connectivity index (χ4n) is 8.69. The molecule has 8 heterocycles. The van der Waals surface area contributed by atoms with E-state index >= 15 is 0 Å². The van der Waals surface area contributed by atoms with Crippen molar-refractivity contribution in [3.63, 3.8) is 0 Å². The van der Waals surface area contributed by atoms with Crippen molar-refractivity contribution in [2.45, 2.75) is 74.0 Å². The van der Waals surface area contributed by atoms with E-state index < -0.39 is 141 Å². The highest BCUT2D eigenvalue weighted by Gasteiger charge is 2.55. The van der Waals surface area contributed by atoms with Gasteiger partial charge >= 0.3 is 34.7 Å². The second kappa shape index (κ2) is 22.0. The molecule has 0 radical (unpaired) electrons. The molecule has 414 valence electrons. The Morgan fingerprint density at radius 2 is 1.44 bits per heavy atom. The number of aliphatic hydroxyl groups excluding tert-OH is 3. The maximum absolute atomic E-state index is 14.2. The van der Waals surface area contributed by atoms with E-state index in [1.54, 1.807) is 6.92 Å². The number of methoxy groups -OCH3 is 2. The minimum Gasteiger partial charge on any atom is -0.778 e. The first-order chi connectivity index (χ1) is 35.3. The van der Waals surface area contributed by atoms with Crippen molar-refractivity contribution in [2.75, 3.05) is 58.2 Å². The summed E-state index contributed by atoms with van der Waals surface area (Å²) in [5.41, 5.74) is 1.63. The smallest absolute Gasteiger partial charge is 0.490 e. The maximum Gasteiger partial charge on any atom is 0.490 e. The van der Waals surface area contributed by atoms with Crippen molar-refractivity contribution in [3.05, 3.63) is 62.4 Å². The highest BCUT2D eigenvalue weighted by Crippen LogP contribution is 2.68. The van der Waals surface area contributed by atoms with Gasteiger partial charge in [0.1, 0.15) is 50.0 Å². The molecule has 16 atom stereocenters. The standard InChI is InChI=1S/C35H50N12O24P4/c1-5-37-34-42-29-21(30(52)43-34)44(2)14-47(29)31-22(49)15(8-62-3)16(67-31)9-65-73(56,57)70-75(60,61)71-74(58,59)66-11-18-26(25(63-4)33(69-18)46-13-40-20-27(36)38-12-39-28(20)46)72(54,55)64-10-17-23(50)24(51)32(68-17)45-7-6-19(48)41-35(45)53/h6-7,12-18,22-26,31-33,49-51H,5,8-11H2,1-4H3,(H8-,36,37,38,39,41,42,43,48,52,53,54,55,56,57,58,59,60,61)/t15-,16-,17-,18-,22-,23-,24-,25-,26-,31-,32-,33-/m1/s1. The first-order valence-electron chi connectivity index (χ1n) is 22.0. The molecule has 0 aromatic carbocycles. The SMILES string of the molecule is CCNc1nc2c(c(=O)[nH]1)[n+](C)cn2[C@@H]1O[C@H](COP(=O)(O)OP(=O)(O)OP(=O)(O)OC[C@H]2O[C@@H](n3cnc4c(N)ncnc43)[C@H](OC)[C@@H]2P(=O)([O-])OC[C@H]2O[C@@H](n3ccc(=O)[nH]c3=O)[C@H](O)[C@@H]2O)[C@@H](COC)[C@H]1O. The molecule has 0 aliphatic carbocycles. The molecule has 5 aromatic heterocycles. The Bertz CT molecular complexity index is 3280. The molecule has 3 saturated heterocycles. The lowest BCUT2D eigenvalue weighted by Crippen LogP contribution is -2.40. The molecule has 36 nitrogen and oxygen atoms in total. The van der Waals surface area contributed by atoms with E-state index in [0.29, 0.717) is 6.54 Å². The third-order valence-electron chi connectivity index (χ3n) is 12.0. The van der Waals surface area contributed by atoms with Crippen LogP contribution in [0.4, 0.5) is 11.8 Å². The highest BCUT2D eigenvalue weighted by atomic mass is 31.3. The summed E-state index contributed by atoms with van der Waals surface area (Å²) < 4.78 is 110. The number of H-pyrrole nitrogens is 2. The van der Waals surface area contributed by atoms with Gasteiger partial charge < -0.3 is 78.7 Å². The molecule has 11 N–H and O–H groups in total.